The van der Waals surface area contributed by atoms with Gasteiger partial charge in [0.25, 0.3) is 0 Å². The molecule has 0 rings (SSSR count). The molecule has 308 valence electrons. The fourth-order valence-electron chi connectivity index (χ4n) is 7.81. The van der Waals surface area contributed by atoms with E-state index in [2.05, 4.69) is 19.9 Å². The molecule has 1 N–H and O–H groups in total. The second kappa shape index (κ2) is 46.1. The van der Waals surface area contributed by atoms with E-state index in [1.54, 1.807) is 0 Å². The highest BCUT2D eigenvalue weighted by atomic mass is 16.4. The summed E-state index contributed by atoms with van der Waals surface area (Å²) in [5.74, 6) is -0.740. The van der Waals surface area contributed by atoms with Crippen LogP contribution in [-0.4, -0.2) is 11.1 Å². The first-order chi connectivity index (χ1) is 25.7. The number of unbranched alkanes of at least 4 members (excludes halogenated alkanes) is 40. The van der Waals surface area contributed by atoms with E-state index in [0.29, 0.717) is 12.0 Å². The van der Waals surface area contributed by atoms with Gasteiger partial charge < -0.3 is 5.11 Å². The largest absolute Gasteiger partial charge is 0.478 e. The average Bonchev–Trinajstić information content (AvgIpc) is 3.14. The van der Waals surface area contributed by atoms with Gasteiger partial charge in [-0.3, -0.25) is 0 Å². The van der Waals surface area contributed by atoms with Gasteiger partial charge in [-0.05, 0) is 25.7 Å². The van der Waals surface area contributed by atoms with Crippen LogP contribution in [0.4, 0.5) is 0 Å². The normalized spacial score (nSPS) is 12.1. The molecule has 0 saturated heterocycles. The Hall–Kier alpha value is -1.05. The number of carbonyl (C=O) groups is 1. The summed E-state index contributed by atoms with van der Waals surface area (Å²) in [7, 11) is 0. The standard InChI is InChI=1S/C50H96O2/c1-3-5-7-9-11-13-15-17-19-21-22-23-24-25-26-27-28-29-30-31-32-34-36-38-40-42-44-46-48-49(50(51)52)47-45-43-41-39-37-35-33-20-18-16-14-12-10-8-6-4-2/h43,45,47H,3-42,44,46,48H2,1-2H3,(H,51,52). The third kappa shape index (κ3) is 43.4. The molecule has 0 spiro atoms. The second-order valence-electron chi connectivity index (χ2n) is 16.8. The Bertz CT molecular complexity index is 737. The van der Waals surface area contributed by atoms with Gasteiger partial charge in [-0.2, -0.15) is 0 Å². The third-order valence-electron chi connectivity index (χ3n) is 11.5. The van der Waals surface area contributed by atoms with E-state index in [4.69, 9.17) is 0 Å². The van der Waals surface area contributed by atoms with Crippen LogP contribution in [0.25, 0.3) is 0 Å². The number of hydrogen-bond donors (Lipinski definition) is 1. The summed E-state index contributed by atoms with van der Waals surface area (Å²) >= 11 is 0. The summed E-state index contributed by atoms with van der Waals surface area (Å²) in [4.78, 5) is 11.7. The van der Waals surface area contributed by atoms with Crippen LogP contribution in [0.3, 0.4) is 0 Å². The second-order valence-corrected chi connectivity index (χ2v) is 16.8. The van der Waals surface area contributed by atoms with Crippen LogP contribution < -0.4 is 0 Å². The highest BCUT2D eigenvalue weighted by Gasteiger charge is 2.05. The Morgan fingerprint density at radius 3 is 0.827 bits per heavy atom. The summed E-state index contributed by atoms with van der Waals surface area (Å²) in [5, 5.41) is 9.60. The zero-order valence-corrected chi connectivity index (χ0v) is 36.0. The SMILES string of the molecule is CCCCCCCCCCCCCCCC=CC=C(CCCCCCCCCCCCCCCCCCCCCCCCCCCCCC)C(=O)O. The Labute approximate surface area is 328 Å². The van der Waals surface area contributed by atoms with Crippen molar-refractivity contribution in [2.45, 2.75) is 290 Å². The van der Waals surface area contributed by atoms with Gasteiger partial charge in [0.15, 0.2) is 0 Å². The first-order valence-corrected chi connectivity index (χ1v) is 24.3. The first kappa shape index (κ1) is 51.0. The Morgan fingerprint density at radius 2 is 0.577 bits per heavy atom. The van der Waals surface area contributed by atoms with Gasteiger partial charge in [-0.25, -0.2) is 4.79 Å². The highest BCUT2D eigenvalue weighted by Crippen LogP contribution is 2.18. The molecule has 0 heterocycles. The highest BCUT2D eigenvalue weighted by molar-refractivity contribution is 5.86. The van der Waals surface area contributed by atoms with E-state index in [-0.39, 0.29) is 0 Å². The molecule has 2 nitrogen and oxygen atoms in total. The zero-order valence-electron chi connectivity index (χ0n) is 36.0. The first-order valence-electron chi connectivity index (χ1n) is 24.3. The van der Waals surface area contributed by atoms with Crippen LogP contribution in [0.5, 0.6) is 0 Å². The number of carboxylic acids is 1. The fraction of sp³-hybridized carbons (Fsp3) is 0.900. The maximum Gasteiger partial charge on any atom is 0.331 e. The van der Waals surface area contributed by atoms with Crippen LogP contribution in [0.2, 0.25) is 0 Å². The van der Waals surface area contributed by atoms with E-state index >= 15 is 0 Å². The van der Waals surface area contributed by atoms with Crippen molar-refractivity contribution in [3.05, 3.63) is 23.8 Å². The summed E-state index contributed by atoms with van der Waals surface area (Å²) < 4.78 is 0. The van der Waals surface area contributed by atoms with Crippen LogP contribution in [0.1, 0.15) is 290 Å². The average molecular weight is 729 g/mol. The predicted octanol–water partition coefficient (Wildman–Crippen LogP) is 18.4. The van der Waals surface area contributed by atoms with Gasteiger partial charge in [-0.15, -0.1) is 0 Å². The van der Waals surface area contributed by atoms with Crippen molar-refractivity contribution in [3.63, 3.8) is 0 Å². The molecule has 2 heteroatoms. The number of hydrogen-bond acceptors (Lipinski definition) is 1. The summed E-state index contributed by atoms with van der Waals surface area (Å²) in [6.45, 7) is 4.59. The number of carboxylic acid groups (broad SMARTS) is 1. The lowest BCUT2D eigenvalue weighted by atomic mass is 10.0. The monoisotopic (exact) mass is 729 g/mol. The molecule has 0 radical (unpaired) electrons. The van der Waals surface area contributed by atoms with Gasteiger partial charge in [-0.1, -0.05) is 282 Å². The maximum atomic E-state index is 11.7. The van der Waals surface area contributed by atoms with E-state index in [1.807, 2.05) is 12.2 Å². The van der Waals surface area contributed by atoms with Crippen molar-refractivity contribution in [2.75, 3.05) is 0 Å². The Balaban J connectivity index is 3.40. The van der Waals surface area contributed by atoms with Crippen LogP contribution in [0, 0.1) is 0 Å². The summed E-state index contributed by atoms with van der Waals surface area (Å²) in [6.07, 6.45) is 65.1. The minimum atomic E-state index is -0.740. The van der Waals surface area contributed by atoms with Crippen molar-refractivity contribution >= 4 is 5.97 Å². The number of allylic oxidation sites excluding steroid dienone is 3. The van der Waals surface area contributed by atoms with Crippen molar-refractivity contribution in [2.24, 2.45) is 0 Å². The van der Waals surface area contributed by atoms with Gasteiger partial charge in [0, 0.05) is 5.57 Å². The third-order valence-corrected chi connectivity index (χ3v) is 11.5. The minimum Gasteiger partial charge on any atom is -0.478 e. The summed E-state index contributed by atoms with van der Waals surface area (Å²) in [6, 6.07) is 0. The molecule has 0 aliphatic heterocycles. The van der Waals surface area contributed by atoms with E-state index < -0.39 is 5.97 Å². The van der Waals surface area contributed by atoms with E-state index in [1.165, 1.54) is 250 Å². The van der Waals surface area contributed by atoms with Crippen LogP contribution >= 0.6 is 0 Å². The maximum absolute atomic E-state index is 11.7. The molecular weight excluding hydrogens is 633 g/mol. The molecule has 0 fully saturated rings. The van der Waals surface area contributed by atoms with Crippen molar-refractivity contribution in [3.8, 4) is 0 Å². The molecule has 0 atom stereocenters. The van der Waals surface area contributed by atoms with Gasteiger partial charge in [0.05, 0.1) is 0 Å². The molecule has 0 aromatic carbocycles. The lowest BCUT2D eigenvalue weighted by Crippen LogP contribution is -2.00. The molecule has 0 aromatic rings. The number of rotatable bonds is 45. The van der Waals surface area contributed by atoms with Crippen molar-refractivity contribution in [1.82, 2.24) is 0 Å². The van der Waals surface area contributed by atoms with Crippen molar-refractivity contribution < 1.29 is 9.90 Å². The quantitative estimate of drug-likeness (QED) is 0.0385. The van der Waals surface area contributed by atoms with Gasteiger partial charge >= 0.3 is 5.97 Å². The molecule has 0 amide bonds. The lowest BCUT2D eigenvalue weighted by molar-refractivity contribution is -0.132. The molecule has 0 aliphatic carbocycles. The molecule has 0 unspecified atom stereocenters. The topological polar surface area (TPSA) is 37.3 Å². The Kier molecular flexibility index (Phi) is 45.2. The zero-order chi connectivity index (χ0) is 37.7. The summed E-state index contributed by atoms with van der Waals surface area (Å²) in [5.41, 5.74) is 0.580. The smallest absolute Gasteiger partial charge is 0.331 e. The predicted molar refractivity (Wildman–Crippen MR) is 235 cm³/mol. The van der Waals surface area contributed by atoms with Gasteiger partial charge in [0.1, 0.15) is 0 Å². The molecule has 0 aromatic heterocycles. The molecule has 0 saturated carbocycles. The molecular formula is C50H96O2. The molecule has 0 bridgehead atoms. The van der Waals surface area contributed by atoms with E-state index in [9.17, 15) is 9.90 Å². The fourth-order valence-corrected chi connectivity index (χ4v) is 7.81. The van der Waals surface area contributed by atoms with E-state index in [0.717, 1.165) is 19.3 Å². The lowest BCUT2D eigenvalue weighted by Gasteiger charge is -2.05. The number of aliphatic carboxylic acids is 1. The van der Waals surface area contributed by atoms with Crippen molar-refractivity contribution in [1.29, 1.82) is 0 Å². The molecule has 52 heavy (non-hydrogen) atoms. The van der Waals surface area contributed by atoms with Crippen LogP contribution in [0.15, 0.2) is 23.8 Å². The minimum absolute atomic E-state index is 0.580. The van der Waals surface area contributed by atoms with Crippen LogP contribution in [-0.2, 0) is 4.79 Å². The molecule has 0 aliphatic rings. The van der Waals surface area contributed by atoms with Gasteiger partial charge in [0.2, 0.25) is 0 Å². The Morgan fingerprint density at radius 1 is 0.346 bits per heavy atom.